The first kappa shape index (κ1) is 31.2. The summed E-state index contributed by atoms with van der Waals surface area (Å²) in [7, 11) is -5.02. The zero-order chi connectivity index (χ0) is 31.0. The van der Waals surface area contributed by atoms with Gasteiger partial charge in [-0.05, 0) is 74.5 Å². The number of benzene rings is 2. The summed E-state index contributed by atoms with van der Waals surface area (Å²) in [6, 6.07) is 6.40. The normalized spacial score (nSPS) is 19.7. The summed E-state index contributed by atoms with van der Waals surface area (Å²) in [5, 5.41) is 3.79. The fourth-order valence-corrected chi connectivity index (χ4v) is 6.96. The maximum absolute atomic E-state index is 13.7. The second-order valence-electron chi connectivity index (χ2n) is 9.74. The highest BCUT2D eigenvalue weighted by Gasteiger charge is 2.49. The standard InChI is InChI=1S/C25H24F6N4O6S2/c26-24(27,28)17-4-6-20(19(12-17)15-7-9-32-10-8-15)40-34-14-33-42-23(34)35(41-22(36)25(29,30)31)43(37,38)18-5-3-16-2-1-11-39-21(16)13-18/h3-6,12-15,23,32H,1-2,7-11H2. The van der Waals surface area contributed by atoms with Gasteiger partial charge in [0.1, 0.15) is 12.1 Å². The quantitative estimate of drug-likeness (QED) is 0.256. The maximum atomic E-state index is 13.7. The van der Waals surface area contributed by atoms with Crippen LogP contribution in [0.25, 0.3) is 0 Å². The van der Waals surface area contributed by atoms with E-state index in [2.05, 4.69) is 14.6 Å². The Labute approximate surface area is 246 Å². The van der Waals surface area contributed by atoms with Gasteiger partial charge in [0.2, 0.25) is 5.50 Å². The van der Waals surface area contributed by atoms with E-state index in [0.29, 0.717) is 68.0 Å². The van der Waals surface area contributed by atoms with Gasteiger partial charge in [-0.1, -0.05) is 6.07 Å². The molecule has 234 valence electrons. The van der Waals surface area contributed by atoms with E-state index in [9.17, 15) is 39.6 Å². The minimum Gasteiger partial charge on any atom is -0.493 e. The zero-order valence-electron chi connectivity index (χ0n) is 22.0. The van der Waals surface area contributed by atoms with Gasteiger partial charge in [0.15, 0.2) is 5.75 Å². The molecule has 3 heterocycles. The minimum absolute atomic E-state index is 0.111. The summed E-state index contributed by atoms with van der Waals surface area (Å²) in [6.07, 6.45) is -7.12. The van der Waals surface area contributed by atoms with E-state index in [1.54, 1.807) is 0 Å². The van der Waals surface area contributed by atoms with E-state index < -0.39 is 44.3 Å². The van der Waals surface area contributed by atoms with Crippen LogP contribution >= 0.6 is 11.9 Å². The molecule has 0 aliphatic carbocycles. The van der Waals surface area contributed by atoms with Crippen molar-refractivity contribution in [1.82, 2.24) is 14.8 Å². The van der Waals surface area contributed by atoms with Crippen LogP contribution < -0.4 is 14.9 Å². The van der Waals surface area contributed by atoms with Gasteiger partial charge in [-0.2, -0.15) is 35.8 Å². The Morgan fingerprint density at radius 3 is 2.53 bits per heavy atom. The van der Waals surface area contributed by atoms with E-state index >= 15 is 0 Å². The van der Waals surface area contributed by atoms with Crippen LogP contribution in [0.1, 0.15) is 41.9 Å². The molecule has 1 N–H and O–H groups in total. The number of hydrogen-bond acceptors (Lipinski definition) is 10. The van der Waals surface area contributed by atoms with Crippen molar-refractivity contribution in [2.45, 2.75) is 54.3 Å². The summed E-state index contributed by atoms with van der Waals surface area (Å²) in [5.41, 5.74) is -1.96. The molecule has 0 bridgehead atoms. The van der Waals surface area contributed by atoms with E-state index in [-0.39, 0.29) is 27.4 Å². The van der Waals surface area contributed by atoms with Crippen molar-refractivity contribution in [3.8, 4) is 11.5 Å². The molecule has 2 aromatic rings. The molecule has 18 heteroatoms. The van der Waals surface area contributed by atoms with Crippen molar-refractivity contribution in [3.63, 3.8) is 0 Å². The predicted molar refractivity (Wildman–Crippen MR) is 140 cm³/mol. The number of sulfonamides is 1. The van der Waals surface area contributed by atoms with E-state index in [0.717, 1.165) is 36.7 Å². The van der Waals surface area contributed by atoms with Gasteiger partial charge < -0.3 is 19.7 Å². The summed E-state index contributed by atoms with van der Waals surface area (Å²) < 4.78 is 117. The number of piperidine rings is 1. The van der Waals surface area contributed by atoms with Gasteiger partial charge in [-0.25, -0.2) is 13.2 Å². The lowest BCUT2D eigenvalue weighted by Gasteiger charge is -2.32. The lowest BCUT2D eigenvalue weighted by Crippen LogP contribution is -2.50. The molecule has 5 rings (SSSR count). The monoisotopic (exact) mass is 654 g/mol. The molecule has 0 radical (unpaired) electrons. The van der Waals surface area contributed by atoms with Gasteiger partial charge >= 0.3 is 18.3 Å². The third-order valence-corrected chi connectivity index (χ3v) is 9.39. The first-order valence-corrected chi connectivity index (χ1v) is 15.2. The van der Waals surface area contributed by atoms with Crippen molar-refractivity contribution in [1.29, 1.82) is 0 Å². The highest BCUT2D eigenvalue weighted by Crippen LogP contribution is 2.40. The van der Waals surface area contributed by atoms with Crippen LogP contribution in [-0.4, -0.2) is 61.6 Å². The Bertz CT molecular complexity index is 1500. The smallest absolute Gasteiger partial charge is 0.492 e. The van der Waals surface area contributed by atoms with Crippen LogP contribution in [0.2, 0.25) is 0 Å². The molecule has 0 saturated carbocycles. The summed E-state index contributed by atoms with van der Waals surface area (Å²) >= 11 is 0.381. The van der Waals surface area contributed by atoms with E-state index in [1.165, 1.54) is 6.07 Å². The number of carbonyl (C=O) groups is 1. The number of rotatable bonds is 7. The van der Waals surface area contributed by atoms with Crippen LogP contribution in [0.15, 0.2) is 45.7 Å². The van der Waals surface area contributed by atoms with Crippen molar-refractivity contribution < 1.29 is 54.0 Å². The molecule has 3 aliphatic rings. The average Bonchev–Trinajstić information content (AvgIpc) is 3.42. The van der Waals surface area contributed by atoms with Gasteiger partial charge in [-0.3, -0.25) is 0 Å². The van der Waals surface area contributed by atoms with Crippen molar-refractivity contribution in [2.75, 3.05) is 19.7 Å². The predicted octanol–water partition coefficient (Wildman–Crippen LogP) is 4.78. The Morgan fingerprint density at radius 1 is 1.09 bits per heavy atom. The van der Waals surface area contributed by atoms with Crippen LogP contribution in [0.3, 0.4) is 0 Å². The summed E-state index contributed by atoms with van der Waals surface area (Å²) in [5.74, 6) is -3.11. The third kappa shape index (κ3) is 6.81. The van der Waals surface area contributed by atoms with Crippen LogP contribution in [0.5, 0.6) is 11.5 Å². The number of nitrogens with one attached hydrogen (secondary N) is 1. The van der Waals surface area contributed by atoms with Crippen LogP contribution in [-0.2, 0) is 32.3 Å². The highest BCUT2D eigenvalue weighted by atomic mass is 32.2. The molecular weight excluding hydrogens is 630 g/mol. The molecule has 0 spiro atoms. The number of alkyl halides is 6. The number of ether oxygens (including phenoxy) is 1. The first-order chi connectivity index (χ1) is 20.2. The number of hydroxylamine groups is 3. The Hall–Kier alpha value is -3.22. The molecule has 3 aliphatic heterocycles. The topological polar surface area (TPSA) is 110 Å². The van der Waals surface area contributed by atoms with Gasteiger partial charge in [0.25, 0.3) is 10.0 Å². The summed E-state index contributed by atoms with van der Waals surface area (Å²) in [6.45, 7) is 1.34. The lowest BCUT2D eigenvalue weighted by atomic mass is 9.88. The van der Waals surface area contributed by atoms with Gasteiger partial charge in [0.05, 0.1) is 17.1 Å². The fourth-order valence-electron chi connectivity index (χ4n) is 4.74. The van der Waals surface area contributed by atoms with Crippen molar-refractivity contribution in [2.24, 2.45) is 4.40 Å². The second kappa shape index (κ2) is 12.0. The lowest BCUT2D eigenvalue weighted by molar-refractivity contribution is -0.232. The Kier molecular flexibility index (Phi) is 8.75. The number of fused-ring (bicyclic) bond motifs is 1. The zero-order valence-corrected chi connectivity index (χ0v) is 23.7. The number of halogens is 6. The SMILES string of the molecule is O=C(ON(C1SN=CN1Oc1ccc(C(F)(F)F)cc1C1CCNCC1)S(=O)(=O)c1ccc2c(c1)OCCC2)C(F)(F)F. The van der Waals surface area contributed by atoms with E-state index in [1.807, 2.05) is 0 Å². The van der Waals surface area contributed by atoms with Crippen LogP contribution in [0.4, 0.5) is 26.3 Å². The first-order valence-electron chi connectivity index (χ1n) is 12.9. The number of hydrogen-bond donors (Lipinski definition) is 1. The number of aryl methyl sites for hydroxylation is 1. The molecule has 1 saturated heterocycles. The van der Waals surface area contributed by atoms with Crippen molar-refractivity contribution in [3.05, 3.63) is 53.1 Å². The van der Waals surface area contributed by atoms with E-state index in [4.69, 9.17) is 9.57 Å². The molecule has 1 fully saturated rings. The fraction of sp³-hybridized carbons (Fsp3) is 0.440. The van der Waals surface area contributed by atoms with Crippen LogP contribution in [0, 0.1) is 0 Å². The van der Waals surface area contributed by atoms with Gasteiger partial charge in [-0.15, -0.1) is 0 Å². The molecule has 2 aromatic carbocycles. The maximum Gasteiger partial charge on any atom is 0.492 e. The second-order valence-corrected chi connectivity index (χ2v) is 12.4. The highest BCUT2D eigenvalue weighted by molar-refractivity contribution is 7.99. The number of nitrogens with zero attached hydrogens (tertiary/aromatic N) is 3. The molecule has 0 aromatic heterocycles. The molecule has 43 heavy (non-hydrogen) atoms. The van der Waals surface area contributed by atoms with Gasteiger partial charge in [0, 0.05) is 28.0 Å². The Balaban J connectivity index is 1.50. The Morgan fingerprint density at radius 2 is 1.84 bits per heavy atom. The molecule has 10 nitrogen and oxygen atoms in total. The molecule has 0 amide bonds. The minimum atomic E-state index is -5.57. The molecule has 1 atom stereocenters. The number of carbonyl (C=O) groups excluding carboxylic acids is 1. The summed E-state index contributed by atoms with van der Waals surface area (Å²) in [4.78, 5) is 21.5. The largest absolute Gasteiger partial charge is 0.493 e. The molecule has 1 unspecified atom stereocenters. The van der Waals surface area contributed by atoms with Crippen molar-refractivity contribution >= 4 is 34.3 Å². The third-order valence-electron chi connectivity index (χ3n) is 6.86. The average molecular weight is 655 g/mol. The molecular formula is C25H24F6N4O6S2.